The molecule has 1 N–H and O–H groups in total. The number of hydrogen-bond acceptors (Lipinski definition) is 5. The number of benzene rings is 2. The average Bonchev–Trinajstić information content (AvgIpc) is 3.43. The summed E-state index contributed by atoms with van der Waals surface area (Å²) in [5.74, 6) is -4.35. The topological polar surface area (TPSA) is 74.0 Å². The molecule has 0 saturated heterocycles. The molecular formula is C25H22F2N2O4. The molecule has 33 heavy (non-hydrogen) atoms. The van der Waals surface area contributed by atoms with Crippen LogP contribution >= 0.6 is 0 Å². The van der Waals surface area contributed by atoms with Gasteiger partial charge >= 0.3 is 0 Å². The maximum absolute atomic E-state index is 14.7. The molecule has 0 fully saturated rings. The van der Waals surface area contributed by atoms with Crippen molar-refractivity contribution >= 4 is 23.1 Å². The van der Waals surface area contributed by atoms with Gasteiger partial charge in [0.15, 0.2) is 11.5 Å². The Kier molecular flexibility index (Phi) is 6.00. The molecule has 170 valence electrons. The van der Waals surface area contributed by atoms with Crippen LogP contribution in [0.2, 0.25) is 0 Å². The number of aliphatic hydroxyl groups excluding tert-OH is 1. The minimum absolute atomic E-state index is 0.0736. The molecule has 1 unspecified atom stereocenters. The zero-order chi connectivity index (χ0) is 23.7. The van der Waals surface area contributed by atoms with Gasteiger partial charge in [-0.25, -0.2) is 8.78 Å². The number of halogens is 2. The molecule has 1 aliphatic rings. The summed E-state index contributed by atoms with van der Waals surface area (Å²) in [5, 5.41) is 10.7. The molecule has 2 heterocycles. The Morgan fingerprint density at radius 1 is 1.09 bits per heavy atom. The van der Waals surface area contributed by atoms with E-state index in [0.29, 0.717) is 11.6 Å². The number of nitrogens with zero attached hydrogens (tertiary/aromatic N) is 2. The van der Waals surface area contributed by atoms with Crippen LogP contribution < -0.4 is 9.80 Å². The number of Topliss-reactive ketones (excluding diaryl/α,β-unsaturated/α-hetero) is 1. The van der Waals surface area contributed by atoms with Gasteiger partial charge in [0, 0.05) is 24.8 Å². The minimum Gasteiger partial charge on any atom is -0.503 e. The van der Waals surface area contributed by atoms with Crippen molar-refractivity contribution in [2.75, 3.05) is 22.9 Å². The van der Waals surface area contributed by atoms with Crippen molar-refractivity contribution in [1.82, 2.24) is 0 Å². The van der Waals surface area contributed by atoms with Crippen LogP contribution in [0.25, 0.3) is 0 Å². The van der Waals surface area contributed by atoms with Gasteiger partial charge in [0.2, 0.25) is 5.78 Å². The maximum Gasteiger partial charge on any atom is 0.294 e. The highest BCUT2D eigenvalue weighted by atomic mass is 19.1. The van der Waals surface area contributed by atoms with Crippen molar-refractivity contribution in [2.45, 2.75) is 19.9 Å². The summed E-state index contributed by atoms with van der Waals surface area (Å²) in [5.41, 5.74) is 0.906. The van der Waals surface area contributed by atoms with Crippen LogP contribution in [0.3, 0.4) is 0 Å². The van der Waals surface area contributed by atoms with E-state index in [1.165, 1.54) is 18.4 Å². The third kappa shape index (κ3) is 3.88. The normalized spacial score (nSPS) is 15.9. The van der Waals surface area contributed by atoms with Crippen LogP contribution in [0, 0.1) is 11.6 Å². The second-order valence-corrected chi connectivity index (χ2v) is 7.51. The zero-order valence-electron chi connectivity index (χ0n) is 18.1. The fourth-order valence-electron chi connectivity index (χ4n) is 4.07. The zero-order valence-corrected chi connectivity index (χ0v) is 18.1. The number of anilines is 2. The molecule has 1 amide bonds. The summed E-state index contributed by atoms with van der Waals surface area (Å²) in [6.45, 7) is 5.61. The molecule has 0 radical (unpaired) electrons. The van der Waals surface area contributed by atoms with Gasteiger partial charge in [-0.05, 0) is 55.8 Å². The van der Waals surface area contributed by atoms with E-state index in [1.54, 1.807) is 12.1 Å². The van der Waals surface area contributed by atoms with Crippen LogP contribution in [0.1, 0.15) is 36.0 Å². The lowest BCUT2D eigenvalue weighted by atomic mass is 9.94. The number of ketones is 1. The van der Waals surface area contributed by atoms with Crippen LogP contribution in [0.15, 0.2) is 76.6 Å². The lowest BCUT2D eigenvalue weighted by Crippen LogP contribution is -2.32. The number of furan rings is 1. The van der Waals surface area contributed by atoms with Gasteiger partial charge in [-0.1, -0.05) is 12.1 Å². The summed E-state index contributed by atoms with van der Waals surface area (Å²) in [6, 6.07) is 11.6. The second-order valence-electron chi connectivity index (χ2n) is 7.51. The SMILES string of the molecule is CCN(CC)c1ccc(C2C(C(=O)c3ccco3)=C(O)C(=O)N2c2ccc(F)cc2F)cc1. The molecule has 8 heteroatoms. The number of amides is 1. The standard InChI is InChI=1S/C25H22F2N2O4/c1-3-28(4-2)17-10-7-15(8-11-17)22-21(23(30)20-6-5-13-33-20)24(31)25(32)29(22)19-12-9-16(26)14-18(19)27/h5-14,22,31H,3-4H2,1-2H3. The van der Waals surface area contributed by atoms with Crippen molar-refractivity contribution in [2.24, 2.45) is 0 Å². The Morgan fingerprint density at radius 3 is 2.36 bits per heavy atom. The fourth-order valence-corrected chi connectivity index (χ4v) is 4.07. The van der Waals surface area contributed by atoms with E-state index in [9.17, 15) is 23.5 Å². The lowest BCUT2D eigenvalue weighted by molar-refractivity contribution is -0.117. The van der Waals surface area contributed by atoms with Crippen molar-refractivity contribution in [3.63, 3.8) is 0 Å². The van der Waals surface area contributed by atoms with E-state index in [2.05, 4.69) is 4.90 Å². The van der Waals surface area contributed by atoms with Gasteiger partial charge in [0.05, 0.1) is 23.6 Å². The molecule has 3 aromatic rings. The Labute approximate surface area is 189 Å². The highest BCUT2D eigenvalue weighted by molar-refractivity contribution is 6.20. The maximum atomic E-state index is 14.7. The van der Waals surface area contributed by atoms with E-state index in [0.717, 1.165) is 35.8 Å². The molecule has 0 saturated carbocycles. The summed E-state index contributed by atoms with van der Waals surface area (Å²) < 4.78 is 33.4. The summed E-state index contributed by atoms with van der Waals surface area (Å²) >= 11 is 0. The number of carbonyl (C=O) groups excluding carboxylic acids is 2. The van der Waals surface area contributed by atoms with Gasteiger partial charge in [0.1, 0.15) is 11.6 Å². The van der Waals surface area contributed by atoms with Crippen LogP contribution in [-0.2, 0) is 4.79 Å². The minimum atomic E-state index is -1.14. The van der Waals surface area contributed by atoms with Crippen molar-refractivity contribution < 1.29 is 27.9 Å². The average molecular weight is 452 g/mol. The molecule has 0 bridgehead atoms. The predicted octanol–water partition coefficient (Wildman–Crippen LogP) is 5.19. The third-order valence-electron chi connectivity index (χ3n) is 5.70. The molecular weight excluding hydrogens is 430 g/mol. The van der Waals surface area contributed by atoms with Gasteiger partial charge in [-0.2, -0.15) is 0 Å². The molecule has 0 aliphatic carbocycles. The number of carbonyl (C=O) groups is 2. The van der Waals surface area contributed by atoms with Gasteiger partial charge in [-0.3, -0.25) is 14.5 Å². The van der Waals surface area contributed by atoms with Gasteiger partial charge in [0.25, 0.3) is 5.91 Å². The van der Waals surface area contributed by atoms with Crippen molar-refractivity contribution in [3.05, 3.63) is 95.2 Å². The molecule has 1 aliphatic heterocycles. The number of hydrogen-bond donors (Lipinski definition) is 1. The largest absolute Gasteiger partial charge is 0.503 e. The van der Waals surface area contributed by atoms with Gasteiger partial charge < -0.3 is 14.4 Å². The molecule has 4 rings (SSSR count). The molecule has 1 aromatic heterocycles. The lowest BCUT2D eigenvalue weighted by Gasteiger charge is -2.28. The van der Waals surface area contributed by atoms with Crippen molar-refractivity contribution in [1.29, 1.82) is 0 Å². The summed E-state index contributed by atoms with van der Waals surface area (Å²) in [4.78, 5) is 29.3. The predicted molar refractivity (Wildman–Crippen MR) is 119 cm³/mol. The van der Waals surface area contributed by atoms with Crippen LogP contribution in [0.5, 0.6) is 0 Å². The van der Waals surface area contributed by atoms with E-state index >= 15 is 0 Å². The van der Waals surface area contributed by atoms with Crippen LogP contribution in [0.4, 0.5) is 20.2 Å². The van der Waals surface area contributed by atoms with Crippen LogP contribution in [-0.4, -0.2) is 29.9 Å². The summed E-state index contributed by atoms with van der Waals surface area (Å²) in [6.07, 6.45) is 1.30. The Morgan fingerprint density at radius 2 is 1.79 bits per heavy atom. The highest BCUT2D eigenvalue weighted by Crippen LogP contribution is 2.43. The first-order valence-corrected chi connectivity index (χ1v) is 10.5. The monoisotopic (exact) mass is 452 g/mol. The Balaban J connectivity index is 1.86. The first-order chi connectivity index (χ1) is 15.9. The van der Waals surface area contributed by atoms with E-state index in [4.69, 9.17) is 4.42 Å². The Hall–Kier alpha value is -3.94. The first kappa shape index (κ1) is 22.3. The van der Waals surface area contributed by atoms with E-state index in [-0.39, 0.29) is 17.0 Å². The van der Waals surface area contributed by atoms with E-state index < -0.39 is 35.1 Å². The second kappa shape index (κ2) is 8.90. The van der Waals surface area contributed by atoms with Crippen molar-refractivity contribution in [3.8, 4) is 0 Å². The Bertz CT molecular complexity index is 1220. The van der Waals surface area contributed by atoms with Gasteiger partial charge in [-0.15, -0.1) is 0 Å². The first-order valence-electron chi connectivity index (χ1n) is 10.5. The number of aliphatic hydroxyl groups is 1. The summed E-state index contributed by atoms with van der Waals surface area (Å²) in [7, 11) is 0. The van der Waals surface area contributed by atoms with E-state index in [1.807, 2.05) is 26.0 Å². The smallest absolute Gasteiger partial charge is 0.294 e. The number of rotatable bonds is 7. The molecule has 0 spiro atoms. The highest BCUT2D eigenvalue weighted by Gasteiger charge is 2.46. The molecule has 6 nitrogen and oxygen atoms in total. The quantitative estimate of drug-likeness (QED) is 0.500. The third-order valence-corrected chi connectivity index (χ3v) is 5.70. The molecule has 1 atom stereocenters. The molecule has 2 aromatic carbocycles. The fraction of sp³-hybridized carbons (Fsp3) is 0.200.